The van der Waals surface area contributed by atoms with Gasteiger partial charge in [0, 0.05) is 11.0 Å². The SMILES string of the molecule is CCC(C)(C)c1nnc(CCl)n1C(C)(C)C. The molecular formula is C12H22ClN3. The minimum Gasteiger partial charge on any atom is -0.308 e. The third-order valence-corrected chi connectivity index (χ3v) is 3.25. The second kappa shape index (κ2) is 4.36. The highest BCUT2D eigenvalue weighted by molar-refractivity contribution is 6.16. The molecule has 4 heteroatoms. The molecule has 0 aliphatic heterocycles. The smallest absolute Gasteiger partial charge is 0.148 e. The number of halogens is 1. The first-order chi connectivity index (χ1) is 7.24. The highest BCUT2D eigenvalue weighted by Crippen LogP contribution is 2.30. The average Bonchev–Trinajstić information content (AvgIpc) is 2.61. The Morgan fingerprint density at radius 1 is 1.12 bits per heavy atom. The predicted octanol–water partition coefficient (Wildman–Crippen LogP) is 3.46. The maximum Gasteiger partial charge on any atom is 0.148 e. The molecule has 1 aromatic heterocycles. The molecule has 1 rings (SSSR count). The molecule has 0 amide bonds. The van der Waals surface area contributed by atoms with Crippen LogP contribution in [0.15, 0.2) is 0 Å². The van der Waals surface area contributed by atoms with E-state index in [0.29, 0.717) is 5.88 Å². The lowest BCUT2D eigenvalue weighted by Crippen LogP contribution is -2.32. The molecule has 1 heterocycles. The lowest BCUT2D eigenvalue weighted by atomic mass is 9.88. The molecule has 3 nitrogen and oxygen atoms in total. The summed E-state index contributed by atoms with van der Waals surface area (Å²) >= 11 is 5.92. The van der Waals surface area contributed by atoms with E-state index in [9.17, 15) is 0 Å². The van der Waals surface area contributed by atoms with Crippen molar-refractivity contribution in [2.75, 3.05) is 0 Å². The maximum absolute atomic E-state index is 5.92. The van der Waals surface area contributed by atoms with Crippen LogP contribution in [0.25, 0.3) is 0 Å². The van der Waals surface area contributed by atoms with E-state index < -0.39 is 0 Å². The Kier molecular flexibility index (Phi) is 3.68. The van der Waals surface area contributed by atoms with E-state index >= 15 is 0 Å². The summed E-state index contributed by atoms with van der Waals surface area (Å²) in [5.41, 5.74) is 0.0000849. The van der Waals surface area contributed by atoms with Crippen LogP contribution < -0.4 is 0 Å². The molecule has 92 valence electrons. The van der Waals surface area contributed by atoms with E-state index in [1.165, 1.54) is 0 Å². The van der Waals surface area contributed by atoms with Crippen LogP contribution in [-0.4, -0.2) is 14.8 Å². The van der Waals surface area contributed by atoms with Crippen molar-refractivity contribution in [3.8, 4) is 0 Å². The van der Waals surface area contributed by atoms with Crippen LogP contribution in [0.5, 0.6) is 0 Å². The third-order valence-electron chi connectivity index (χ3n) is 3.01. The van der Waals surface area contributed by atoms with E-state index in [-0.39, 0.29) is 11.0 Å². The van der Waals surface area contributed by atoms with Crippen molar-refractivity contribution in [1.82, 2.24) is 14.8 Å². The first-order valence-corrected chi connectivity index (χ1v) is 6.28. The van der Waals surface area contributed by atoms with Crippen molar-refractivity contribution < 1.29 is 0 Å². The average molecular weight is 244 g/mol. The van der Waals surface area contributed by atoms with Crippen LogP contribution in [0.3, 0.4) is 0 Å². The Bertz CT molecular complexity index is 361. The first-order valence-electron chi connectivity index (χ1n) is 5.75. The third kappa shape index (κ3) is 2.40. The van der Waals surface area contributed by atoms with E-state index in [1.807, 2.05) is 0 Å². The molecule has 0 unspecified atom stereocenters. The number of aromatic nitrogens is 3. The number of hydrogen-bond acceptors (Lipinski definition) is 2. The molecule has 0 aliphatic carbocycles. The Hall–Kier alpha value is -0.570. The molecule has 0 fully saturated rings. The predicted molar refractivity (Wildman–Crippen MR) is 67.9 cm³/mol. The Balaban J connectivity index is 3.37. The van der Waals surface area contributed by atoms with Crippen LogP contribution in [0.1, 0.15) is 59.6 Å². The maximum atomic E-state index is 5.92. The van der Waals surface area contributed by atoms with Crippen molar-refractivity contribution in [2.45, 2.75) is 64.8 Å². The fourth-order valence-corrected chi connectivity index (χ4v) is 1.88. The second-order valence-corrected chi connectivity index (χ2v) is 6.08. The van der Waals surface area contributed by atoms with Crippen molar-refractivity contribution in [1.29, 1.82) is 0 Å². The summed E-state index contributed by atoms with van der Waals surface area (Å²) in [6.45, 7) is 13.0. The summed E-state index contributed by atoms with van der Waals surface area (Å²) in [6.07, 6.45) is 1.03. The largest absolute Gasteiger partial charge is 0.308 e. The van der Waals surface area contributed by atoms with Gasteiger partial charge in [-0.05, 0) is 27.2 Å². The summed E-state index contributed by atoms with van der Waals surface area (Å²) in [6, 6.07) is 0. The van der Waals surface area contributed by atoms with Gasteiger partial charge in [-0.1, -0.05) is 20.8 Å². The van der Waals surface area contributed by atoms with Crippen molar-refractivity contribution in [3.63, 3.8) is 0 Å². The van der Waals surface area contributed by atoms with Crippen molar-refractivity contribution in [2.24, 2.45) is 0 Å². The molecule has 0 spiro atoms. The quantitative estimate of drug-likeness (QED) is 0.762. The highest BCUT2D eigenvalue weighted by atomic mass is 35.5. The zero-order valence-electron chi connectivity index (χ0n) is 11.1. The molecule has 0 aliphatic rings. The van der Waals surface area contributed by atoms with Crippen molar-refractivity contribution >= 4 is 11.6 Å². The molecule has 0 N–H and O–H groups in total. The zero-order valence-corrected chi connectivity index (χ0v) is 11.9. The van der Waals surface area contributed by atoms with Crippen molar-refractivity contribution in [3.05, 3.63) is 11.6 Å². The van der Waals surface area contributed by atoms with E-state index in [2.05, 4.69) is 56.3 Å². The van der Waals surface area contributed by atoms with Crippen LogP contribution in [0, 0.1) is 0 Å². The molecule has 0 aromatic carbocycles. The Morgan fingerprint density at radius 3 is 2.06 bits per heavy atom. The fraction of sp³-hybridized carbons (Fsp3) is 0.833. The van der Waals surface area contributed by atoms with Crippen LogP contribution in [-0.2, 0) is 16.8 Å². The van der Waals surface area contributed by atoms with Gasteiger partial charge in [-0.3, -0.25) is 0 Å². The number of nitrogens with zero attached hydrogens (tertiary/aromatic N) is 3. The Morgan fingerprint density at radius 2 is 1.69 bits per heavy atom. The standard InChI is InChI=1S/C12H22ClN3/c1-7-12(5,6)10-15-14-9(8-13)16(10)11(2,3)4/h7-8H2,1-6H3. The molecule has 0 atom stereocenters. The van der Waals surface area contributed by atoms with Gasteiger partial charge in [0.25, 0.3) is 0 Å². The molecular weight excluding hydrogens is 222 g/mol. The topological polar surface area (TPSA) is 30.7 Å². The zero-order chi connectivity index (χ0) is 12.6. The summed E-state index contributed by atoms with van der Waals surface area (Å²) in [5.74, 6) is 2.29. The van der Waals surface area contributed by atoms with E-state index in [0.717, 1.165) is 18.1 Å². The van der Waals surface area contributed by atoms with E-state index in [1.54, 1.807) is 0 Å². The van der Waals surface area contributed by atoms with Crippen LogP contribution in [0.4, 0.5) is 0 Å². The van der Waals surface area contributed by atoms with Gasteiger partial charge < -0.3 is 4.57 Å². The molecule has 0 saturated heterocycles. The number of hydrogen-bond donors (Lipinski definition) is 0. The van der Waals surface area contributed by atoms with Gasteiger partial charge in [-0.2, -0.15) is 0 Å². The minimum atomic E-state index is -0.0322. The van der Waals surface area contributed by atoms with Crippen LogP contribution in [0.2, 0.25) is 0 Å². The second-order valence-electron chi connectivity index (χ2n) is 5.82. The summed E-state index contributed by atoms with van der Waals surface area (Å²) in [5, 5.41) is 8.52. The molecule has 0 saturated carbocycles. The molecule has 0 radical (unpaired) electrons. The van der Waals surface area contributed by atoms with Gasteiger partial charge in [0.05, 0.1) is 5.88 Å². The molecule has 0 bridgehead atoms. The van der Waals surface area contributed by atoms with Gasteiger partial charge in [0.15, 0.2) is 0 Å². The number of rotatable bonds is 3. The first kappa shape index (κ1) is 13.5. The highest BCUT2D eigenvalue weighted by Gasteiger charge is 2.31. The lowest BCUT2D eigenvalue weighted by Gasteiger charge is -2.30. The van der Waals surface area contributed by atoms with Gasteiger partial charge in [-0.25, -0.2) is 0 Å². The monoisotopic (exact) mass is 243 g/mol. The summed E-state index contributed by atoms with van der Waals surface area (Å²) in [7, 11) is 0. The van der Waals surface area contributed by atoms with Gasteiger partial charge in [0.2, 0.25) is 0 Å². The normalized spacial score (nSPS) is 13.2. The van der Waals surface area contributed by atoms with E-state index in [4.69, 9.17) is 11.6 Å². The fourth-order valence-electron chi connectivity index (χ4n) is 1.70. The van der Waals surface area contributed by atoms with Crippen LogP contribution >= 0.6 is 11.6 Å². The minimum absolute atomic E-state index is 0.0322. The molecule has 1 aromatic rings. The Labute approximate surface area is 103 Å². The summed E-state index contributed by atoms with van der Waals surface area (Å²) in [4.78, 5) is 0. The van der Waals surface area contributed by atoms with Gasteiger partial charge in [-0.15, -0.1) is 21.8 Å². The van der Waals surface area contributed by atoms with Gasteiger partial charge >= 0.3 is 0 Å². The lowest BCUT2D eigenvalue weighted by molar-refractivity contribution is 0.334. The molecule has 16 heavy (non-hydrogen) atoms. The summed E-state index contributed by atoms with van der Waals surface area (Å²) < 4.78 is 2.17. The number of alkyl halides is 1. The van der Waals surface area contributed by atoms with Gasteiger partial charge in [0.1, 0.15) is 11.6 Å².